The first-order valence-corrected chi connectivity index (χ1v) is 11.0. The average Bonchev–Trinajstić information content (AvgIpc) is 2.71. The minimum atomic E-state index is -3.23. The molecule has 1 aliphatic rings. The van der Waals surface area contributed by atoms with Crippen LogP contribution in [0.25, 0.3) is 0 Å². The molecule has 1 fully saturated rings. The van der Waals surface area contributed by atoms with Crippen LogP contribution in [0.3, 0.4) is 0 Å². The van der Waals surface area contributed by atoms with Crippen molar-refractivity contribution >= 4 is 22.0 Å². The van der Waals surface area contributed by atoms with Gasteiger partial charge < -0.3 is 10.2 Å². The Morgan fingerprint density at radius 2 is 1.37 bits per heavy atom. The van der Waals surface area contributed by atoms with Gasteiger partial charge in [0, 0.05) is 32.7 Å². The van der Waals surface area contributed by atoms with Crippen molar-refractivity contribution in [3.63, 3.8) is 0 Å². The Balaban J connectivity index is 0.000000469. The number of rotatable bonds is 5. The first kappa shape index (κ1) is 23.5. The molecule has 1 heterocycles. The smallest absolute Gasteiger partial charge is 0.414 e. The first-order chi connectivity index (χ1) is 14.2. The minimum absolute atomic E-state index is 0.0891. The van der Waals surface area contributed by atoms with Crippen LogP contribution in [0, 0.1) is 6.92 Å². The number of piperazine rings is 1. The highest BCUT2D eigenvalue weighted by molar-refractivity contribution is 7.88. The van der Waals surface area contributed by atoms with Gasteiger partial charge in [0.15, 0.2) is 0 Å². The van der Waals surface area contributed by atoms with Crippen LogP contribution in [-0.4, -0.2) is 66.0 Å². The van der Waals surface area contributed by atoms with E-state index >= 15 is 0 Å². The second-order valence-corrected chi connectivity index (χ2v) is 8.98. The first-order valence-electron chi connectivity index (χ1n) is 9.43. The number of carbonyl (C=O) groups is 2. The van der Waals surface area contributed by atoms with Crippen LogP contribution in [0.4, 0.5) is 0 Å². The molecule has 30 heavy (non-hydrogen) atoms. The van der Waals surface area contributed by atoms with Gasteiger partial charge in [-0.05, 0) is 18.1 Å². The lowest BCUT2D eigenvalue weighted by molar-refractivity contribution is -0.159. The lowest BCUT2D eigenvalue weighted by Crippen LogP contribution is -2.48. The van der Waals surface area contributed by atoms with Crippen LogP contribution in [0.15, 0.2) is 54.6 Å². The van der Waals surface area contributed by atoms with E-state index in [1.54, 1.807) is 4.31 Å². The van der Waals surface area contributed by atoms with Crippen LogP contribution in [0.2, 0.25) is 0 Å². The van der Waals surface area contributed by atoms with Crippen molar-refractivity contribution < 1.29 is 28.2 Å². The fourth-order valence-electron chi connectivity index (χ4n) is 2.99. The number of benzene rings is 2. The largest absolute Gasteiger partial charge is 0.473 e. The predicted molar refractivity (Wildman–Crippen MR) is 112 cm³/mol. The topological polar surface area (TPSA) is 115 Å². The summed E-state index contributed by atoms with van der Waals surface area (Å²) in [5.41, 5.74) is 3.39. The molecule has 0 bridgehead atoms. The van der Waals surface area contributed by atoms with Gasteiger partial charge in [0.2, 0.25) is 10.0 Å². The highest BCUT2D eigenvalue weighted by Gasteiger charge is 2.26. The Morgan fingerprint density at radius 1 is 0.833 bits per heavy atom. The molecule has 8 nitrogen and oxygen atoms in total. The number of carboxylic acid groups (broad SMARTS) is 2. The summed E-state index contributed by atoms with van der Waals surface area (Å²) in [6, 6.07) is 17.9. The number of aryl methyl sites for hydroxylation is 1. The van der Waals surface area contributed by atoms with Gasteiger partial charge in [0.25, 0.3) is 0 Å². The van der Waals surface area contributed by atoms with Crippen LogP contribution in [0.5, 0.6) is 0 Å². The van der Waals surface area contributed by atoms with Crippen LogP contribution in [0.1, 0.15) is 16.7 Å². The molecule has 2 N–H and O–H groups in total. The maximum atomic E-state index is 12.6. The van der Waals surface area contributed by atoms with Crippen molar-refractivity contribution in [2.75, 3.05) is 26.2 Å². The number of nitrogens with zero attached hydrogens (tertiary/aromatic N) is 2. The lowest BCUT2D eigenvalue weighted by Gasteiger charge is -2.34. The second-order valence-electron chi connectivity index (χ2n) is 7.01. The third-order valence-electron chi connectivity index (χ3n) is 4.63. The van der Waals surface area contributed by atoms with E-state index in [0.29, 0.717) is 13.1 Å². The molecule has 9 heteroatoms. The molecule has 2 aromatic carbocycles. The second kappa shape index (κ2) is 10.9. The summed E-state index contributed by atoms with van der Waals surface area (Å²) in [6.45, 7) is 5.67. The molecule has 0 amide bonds. The maximum Gasteiger partial charge on any atom is 0.414 e. The molecule has 3 rings (SSSR count). The normalized spacial score (nSPS) is 15.1. The van der Waals surface area contributed by atoms with Crippen molar-refractivity contribution in [1.82, 2.24) is 9.21 Å². The Morgan fingerprint density at radius 3 is 1.87 bits per heavy atom. The Labute approximate surface area is 176 Å². The highest BCUT2D eigenvalue weighted by atomic mass is 32.2. The van der Waals surface area contributed by atoms with Gasteiger partial charge in [0.1, 0.15) is 0 Å². The Bertz CT molecular complexity index is 925. The van der Waals surface area contributed by atoms with Crippen molar-refractivity contribution in [3.05, 3.63) is 71.3 Å². The summed E-state index contributed by atoms with van der Waals surface area (Å²) in [4.78, 5) is 20.5. The van der Waals surface area contributed by atoms with E-state index < -0.39 is 22.0 Å². The molecular weight excluding hydrogens is 408 g/mol. The van der Waals surface area contributed by atoms with E-state index in [9.17, 15) is 8.42 Å². The van der Waals surface area contributed by atoms with E-state index in [4.69, 9.17) is 19.8 Å². The van der Waals surface area contributed by atoms with Crippen LogP contribution in [-0.2, 0) is 31.9 Å². The van der Waals surface area contributed by atoms with Gasteiger partial charge in [0.05, 0.1) is 5.75 Å². The van der Waals surface area contributed by atoms with E-state index in [2.05, 4.69) is 36.1 Å². The van der Waals surface area contributed by atoms with Crippen LogP contribution < -0.4 is 0 Å². The zero-order chi connectivity index (χ0) is 22.1. The van der Waals surface area contributed by atoms with Crippen molar-refractivity contribution in [3.8, 4) is 0 Å². The zero-order valence-electron chi connectivity index (χ0n) is 16.8. The van der Waals surface area contributed by atoms with Gasteiger partial charge in [-0.2, -0.15) is 4.31 Å². The molecule has 1 saturated heterocycles. The third-order valence-corrected chi connectivity index (χ3v) is 6.48. The van der Waals surface area contributed by atoms with Gasteiger partial charge in [-0.1, -0.05) is 60.2 Å². The van der Waals surface area contributed by atoms with Gasteiger partial charge in [-0.25, -0.2) is 18.0 Å². The van der Waals surface area contributed by atoms with Gasteiger partial charge >= 0.3 is 11.9 Å². The monoisotopic (exact) mass is 434 g/mol. The summed E-state index contributed by atoms with van der Waals surface area (Å²) >= 11 is 0. The Kier molecular flexibility index (Phi) is 8.52. The quantitative estimate of drug-likeness (QED) is 0.690. The summed E-state index contributed by atoms with van der Waals surface area (Å²) in [5, 5.41) is 14.8. The molecule has 0 spiro atoms. The summed E-state index contributed by atoms with van der Waals surface area (Å²) in [5.74, 6) is -3.56. The summed E-state index contributed by atoms with van der Waals surface area (Å²) in [6.07, 6.45) is 0. The van der Waals surface area contributed by atoms with Crippen molar-refractivity contribution in [2.24, 2.45) is 0 Å². The minimum Gasteiger partial charge on any atom is -0.473 e. The third kappa shape index (κ3) is 7.58. The summed E-state index contributed by atoms with van der Waals surface area (Å²) < 4.78 is 26.8. The molecule has 162 valence electrons. The number of hydrogen-bond donors (Lipinski definition) is 2. The molecule has 0 aromatic heterocycles. The van der Waals surface area contributed by atoms with Crippen molar-refractivity contribution in [2.45, 2.75) is 19.2 Å². The van der Waals surface area contributed by atoms with E-state index in [1.165, 1.54) is 11.1 Å². The van der Waals surface area contributed by atoms with E-state index in [0.717, 1.165) is 25.2 Å². The standard InChI is InChI=1S/C19H24N2O2S.C2H2O4/c1-17-7-9-18(10-8-17)15-20-11-13-21(14-12-20)24(22,23)16-19-5-3-2-4-6-19;3-1(4)2(5)6/h2-10H,11-16H2,1H3;(H,3,4)(H,5,6). The maximum absolute atomic E-state index is 12.6. The van der Waals surface area contributed by atoms with E-state index in [-0.39, 0.29) is 5.75 Å². The molecule has 2 aromatic rings. The van der Waals surface area contributed by atoms with Crippen molar-refractivity contribution in [1.29, 1.82) is 0 Å². The molecule has 0 atom stereocenters. The van der Waals surface area contributed by atoms with Gasteiger partial charge in [-0.3, -0.25) is 4.90 Å². The predicted octanol–water partition coefficient (Wildman–Crippen LogP) is 1.80. The fraction of sp³-hybridized carbons (Fsp3) is 0.333. The molecule has 0 aliphatic carbocycles. The molecule has 0 radical (unpaired) electrons. The van der Waals surface area contributed by atoms with Crippen LogP contribution >= 0.6 is 0 Å². The Hall–Kier alpha value is -2.75. The SMILES string of the molecule is Cc1ccc(CN2CCN(S(=O)(=O)Cc3ccccc3)CC2)cc1.O=C(O)C(=O)O. The number of aliphatic carboxylic acids is 2. The fourth-order valence-corrected chi connectivity index (χ4v) is 4.51. The number of hydrogen-bond acceptors (Lipinski definition) is 5. The molecular formula is C21H26N2O6S. The average molecular weight is 435 g/mol. The zero-order valence-corrected chi connectivity index (χ0v) is 17.6. The number of carboxylic acids is 2. The lowest BCUT2D eigenvalue weighted by atomic mass is 10.1. The molecule has 1 aliphatic heterocycles. The molecule has 0 saturated carbocycles. The summed E-state index contributed by atoms with van der Waals surface area (Å²) in [7, 11) is -3.23. The van der Waals surface area contributed by atoms with E-state index in [1.807, 2.05) is 30.3 Å². The number of sulfonamides is 1. The highest BCUT2D eigenvalue weighted by Crippen LogP contribution is 2.15. The molecule has 0 unspecified atom stereocenters. The van der Waals surface area contributed by atoms with Gasteiger partial charge in [-0.15, -0.1) is 0 Å².